The Morgan fingerprint density at radius 2 is 2.21 bits per heavy atom. The first-order chi connectivity index (χ1) is 6.76. The summed E-state index contributed by atoms with van der Waals surface area (Å²) in [7, 11) is 0. The molecule has 1 N–H and O–H groups in total. The number of halogens is 1. The molecule has 0 aliphatic rings. The molecule has 1 aromatic carbocycles. The first-order valence-electron chi connectivity index (χ1n) is 4.40. The van der Waals surface area contributed by atoms with E-state index in [9.17, 15) is 4.39 Å². The number of hydrogen-bond acceptors (Lipinski definition) is 2. The molecule has 0 unspecified atom stereocenters. The summed E-state index contributed by atoms with van der Waals surface area (Å²) in [6.07, 6.45) is 2.44. The largest absolute Gasteiger partial charge is 0.493 e. The lowest BCUT2D eigenvalue weighted by Crippen LogP contribution is -1.97. The monoisotopic (exact) mass is 196 g/mol. The van der Waals surface area contributed by atoms with Crippen LogP contribution in [0.4, 0.5) is 4.39 Å². The Bertz CT molecular complexity index is 310. The SMILES string of the molecule is C=CCCOc1cc(F)cc(CO)c1. The van der Waals surface area contributed by atoms with Crippen molar-refractivity contribution in [3.63, 3.8) is 0 Å². The summed E-state index contributed by atoms with van der Waals surface area (Å²) in [6, 6.07) is 4.19. The molecule has 0 spiro atoms. The Kier molecular flexibility index (Phi) is 4.13. The normalized spacial score (nSPS) is 9.86. The van der Waals surface area contributed by atoms with E-state index in [0.29, 0.717) is 24.3 Å². The van der Waals surface area contributed by atoms with Gasteiger partial charge in [0.15, 0.2) is 0 Å². The van der Waals surface area contributed by atoms with Gasteiger partial charge in [0.25, 0.3) is 0 Å². The average molecular weight is 196 g/mol. The van der Waals surface area contributed by atoms with Gasteiger partial charge in [-0.05, 0) is 24.1 Å². The Labute approximate surface area is 82.6 Å². The molecule has 0 aromatic heterocycles. The molecule has 0 heterocycles. The fourth-order valence-electron chi connectivity index (χ4n) is 1.06. The van der Waals surface area contributed by atoms with E-state index in [1.807, 2.05) is 0 Å². The Hall–Kier alpha value is -1.35. The van der Waals surface area contributed by atoms with Crippen molar-refractivity contribution in [2.45, 2.75) is 13.0 Å². The molecule has 76 valence electrons. The number of rotatable bonds is 5. The van der Waals surface area contributed by atoms with Gasteiger partial charge < -0.3 is 9.84 Å². The van der Waals surface area contributed by atoms with Crippen molar-refractivity contribution in [1.82, 2.24) is 0 Å². The van der Waals surface area contributed by atoms with Crippen molar-refractivity contribution in [2.75, 3.05) is 6.61 Å². The van der Waals surface area contributed by atoms with Gasteiger partial charge in [-0.2, -0.15) is 0 Å². The molecule has 0 saturated heterocycles. The van der Waals surface area contributed by atoms with Gasteiger partial charge in [-0.1, -0.05) is 6.08 Å². The molecular formula is C11H13FO2. The third-order valence-corrected chi connectivity index (χ3v) is 1.70. The van der Waals surface area contributed by atoms with E-state index in [1.54, 1.807) is 12.1 Å². The molecule has 1 aromatic rings. The van der Waals surface area contributed by atoms with Crippen LogP contribution in [0.1, 0.15) is 12.0 Å². The highest BCUT2D eigenvalue weighted by Gasteiger charge is 2.00. The topological polar surface area (TPSA) is 29.5 Å². The zero-order valence-corrected chi connectivity index (χ0v) is 7.87. The minimum absolute atomic E-state index is 0.185. The van der Waals surface area contributed by atoms with E-state index >= 15 is 0 Å². The molecule has 0 aliphatic carbocycles. The van der Waals surface area contributed by atoms with Crippen LogP contribution in [0.2, 0.25) is 0 Å². The van der Waals surface area contributed by atoms with Crippen LogP contribution in [0.5, 0.6) is 5.75 Å². The van der Waals surface area contributed by atoms with Gasteiger partial charge in [0.1, 0.15) is 11.6 Å². The highest BCUT2D eigenvalue weighted by molar-refractivity contribution is 5.29. The van der Waals surface area contributed by atoms with Crippen LogP contribution < -0.4 is 4.74 Å². The lowest BCUT2D eigenvalue weighted by Gasteiger charge is -2.06. The van der Waals surface area contributed by atoms with Crippen LogP contribution in [0.15, 0.2) is 30.9 Å². The van der Waals surface area contributed by atoms with E-state index in [-0.39, 0.29) is 6.61 Å². The van der Waals surface area contributed by atoms with Gasteiger partial charge in [0.05, 0.1) is 13.2 Å². The zero-order valence-electron chi connectivity index (χ0n) is 7.87. The molecule has 1 rings (SSSR count). The lowest BCUT2D eigenvalue weighted by molar-refractivity contribution is 0.278. The number of hydrogen-bond donors (Lipinski definition) is 1. The molecule has 0 amide bonds. The Morgan fingerprint density at radius 3 is 2.86 bits per heavy atom. The van der Waals surface area contributed by atoms with E-state index in [1.165, 1.54) is 12.1 Å². The van der Waals surface area contributed by atoms with E-state index in [4.69, 9.17) is 9.84 Å². The molecule has 0 fully saturated rings. The van der Waals surface area contributed by atoms with Crippen LogP contribution in [0.3, 0.4) is 0 Å². The number of ether oxygens (including phenoxy) is 1. The van der Waals surface area contributed by atoms with Crippen molar-refractivity contribution < 1.29 is 14.2 Å². The highest BCUT2D eigenvalue weighted by atomic mass is 19.1. The summed E-state index contributed by atoms with van der Waals surface area (Å²) in [5.74, 6) is 0.0426. The molecule has 0 aliphatic heterocycles. The second-order valence-electron chi connectivity index (χ2n) is 2.88. The van der Waals surface area contributed by atoms with E-state index in [0.717, 1.165) is 0 Å². The van der Waals surface area contributed by atoms with E-state index in [2.05, 4.69) is 6.58 Å². The molecule has 0 bridgehead atoms. The quantitative estimate of drug-likeness (QED) is 0.578. The second kappa shape index (κ2) is 5.40. The third-order valence-electron chi connectivity index (χ3n) is 1.70. The van der Waals surface area contributed by atoms with Gasteiger partial charge in [-0.25, -0.2) is 4.39 Å². The van der Waals surface area contributed by atoms with Crippen molar-refractivity contribution in [1.29, 1.82) is 0 Å². The van der Waals surface area contributed by atoms with Gasteiger partial charge in [0.2, 0.25) is 0 Å². The van der Waals surface area contributed by atoms with Crippen molar-refractivity contribution in [2.24, 2.45) is 0 Å². The number of aliphatic hydroxyl groups is 1. The predicted molar refractivity (Wildman–Crippen MR) is 52.6 cm³/mol. The number of aliphatic hydroxyl groups excluding tert-OH is 1. The standard InChI is InChI=1S/C11H13FO2/c1-2-3-4-14-11-6-9(8-13)5-10(12)7-11/h2,5-7,13H,1,3-4,8H2. The van der Waals surface area contributed by atoms with Crippen LogP contribution in [-0.2, 0) is 6.61 Å². The summed E-state index contributed by atoms with van der Waals surface area (Å²) in [5, 5.41) is 8.82. The molecule has 0 radical (unpaired) electrons. The van der Waals surface area contributed by atoms with Crippen LogP contribution >= 0.6 is 0 Å². The van der Waals surface area contributed by atoms with Crippen molar-refractivity contribution in [3.05, 3.63) is 42.2 Å². The van der Waals surface area contributed by atoms with Gasteiger partial charge >= 0.3 is 0 Å². The van der Waals surface area contributed by atoms with E-state index < -0.39 is 5.82 Å². The first kappa shape index (κ1) is 10.7. The fraction of sp³-hybridized carbons (Fsp3) is 0.273. The minimum Gasteiger partial charge on any atom is -0.493 e. The first-order valence-corrected chi connectivity index (χ1v) is 4.40. The maximum atomic E-state index is 12.9. The summed E-state index contributed by atoms with van der Waals surface area (Å²) in [6.45, 7) is 3.83. The second-order valence-corrected chi connectivity index (χ2v) is 2.88. The summed E-state index contributed by atoms with van der Waals surface area (Å²) < 4.78 is 18.2. The lowest BCUT2D eigenvalue weighted by atomic mass is 10.2. The molecule has 0 atom stereocenters. The van der Waals surface area contributed by atoms with Crippen molar-refractivity contribution >= 4 is 0 Å². The summed E-state index contributed by atoms with van der Waals surface area (Å²) in [5.41, 5.74) is 0.513. The van der Waals surface area contributed by atoms with Crippen LogP contribution in [0, 0.1) is 5.82 Å². The fourth-order valence-corrected chi connectivity index (χ4v) is 1.06. The van der Waals surface area contributed by atoms with Gasteiger partial charge in [0, 0.05) is 6.07 Å². The van der Waals surface area contributed by atoms with Gasteiger partial charge in [-0.3, -0.25) is 0 Å². The van der Waals surface area contributed by atoms with Crippen LogP contribution in [-0.4, -0.2) is 11.7 Å². The molecule has 3 heteroatoms. The molecule has 2 nitrogen and oxygen atoms in total. The summed E-state index contributed by atoms with van der Waals surface area (Å²) in [4.78, 5) is 0. The van der Waals surface area contributed by atoms with Gasteiger partial charge in [-0.15, -0.1) is 6.58 Å². The highest BCUT2D eigenvalue weighted by Crippen LogP contribution is 2.16. The maximum Gasteiger partial charge on any atom is 0.127 e. The minimum atomic E-state index is -0.398. The predicted octanol–water partition coefficient (Wildman–Crippen LogP) is 2.27. The average Bonchev–Trinajstić information content (AvgIpc) is 2.17. The maximum absolute atomic E-state index is 12.9. The Balaban J connectivity index is 2.66. The van der Waals surface area contributed by atoms with Crippen molar-refractivity contribution in [3.8, 4) is 5.75 Å². The Morgan fingerprint density at radius 1 is 1.43 bits per heavy atom. The third kappa shape index (κ3) is 3.18. The smallest absolute Gasteiger partial charge is 0.127 e. The number of benzene rings is 1. The molecule has 0 saturated carbocycles. The molecule has 14 heavy (non-hydrogen) atoms. The molecular weight excluding hydrogens is 183 g/mol. The summed E-state index contributed by atoms with van der Waals surface area (Å²) >= 11 is 0. The van der Waals surface area contributed by atoms with Crippen LogP contribution in [0.25, 0.3) is 0 Å². The zero-order chi connectivity index (χ0) is 10.4.